The first-order valence-electron chi connectivity index (χ1n) is 7.76. The van der Waals surface area contributed by atoms with Crippen LogP contribution >= 0.6 is 0 Å². The zero-order chi connectivity index (χ0) is 19.1. The number of rotatable bonds is 5. The van der Waals surface area contributed by atoms with Crippen molar-refractivity contribution < 1.29 is 21.2 Å². The van der Waals surface area contributed by atoms with Crippen LogP contribution in [-0.2, 0) is 20.2 Å². The van der Waals surface area contributed by atoms with Crippen molar-refractivity contribution in [2.24, 2.45) is 0 Å². The first kappa shape index (κ1) is 18.6. The van der Waals surface area contributed by atoms with Gasteiger partial charge in [0.05, 0.1) is 16.3 Å². The quantitative estimate of drug-likeness (QED) is 0.828. The van der Waals surface area contributed by atoms with E-state index in [2.05, 4.69) is 4.72 Å². The van der Waals surface area contributed by atoms with Crippen LogP contribution in [0.25, 0.3) is 0 Å². The maximum Gasteiger partial charge on any atom is 0.326 e. The number of para-hydroxylation sites is 2. The van der Waals surface area contributed by atoms with Crippen LogP contribution in [0.5, 0.6) is 0 Å². The molecule has 0 bridgehead atoms. The van der Waals surface area contributed by atoms with E-state index in [9.17, 15) is 21.2 Å². The van der Waals surface area contributed by atoms with Gasteiger partial charge in [-0.05, 0) is 42.8 Å². The summed E-state index contributed by atoms with van der Waals surface area (Å²) in [5.74, 6) is -0.524. The molecule has 0 radical (unpaired) electrons. The summed E-state index contributed by atoms with van der Waals surface area (Å²) in [6, 6.07) is 10.2. The standard InChI is InChI=1S/C16H18FN3O4S2/c1-12-11-13(17)7-8-16(12)25(21,22)18-9-10-20-15-6-4-3-5-14(15)19(2)26(20,23)24/h3-8,11,18H,9-10H2,1-2H3. The fraction of sp³-hybridized carbons (Fsp3) is 0.250. The molecule has 0 spiro atoms. The molecule has 26 heavy (non-hydrogen) atoms. The Kier molecular flexibility index (Phi) is 4.67. The summed E-state index contributed by atoms with van der Waals surface area (Å²) in [7, 11) is -6.17. The van der Waals surface area contributed by atoms with Crippen LogP contribution in [0.3, 0.4) is 0 Å². The maximum absolute atomic E-state index is 13.2. The predicted molar refractivity (Wildman–Crippen MR) is 97.4 cm³/mol. The molecule has 0 aliphatic carbocycles. The van der Waals surface area contributed by atoms with Crippen molar-refractivity contribution in [2.45, 2.75) is 11.8 Å². The Morgan fingerprint density at radius 3 is 2.42 bits per heavy atom. The number of sulfonamides is 1. The van der Waals surface area contributed by atoms with E-state index < -0.39 is 26.0 Å². The van der Waals surface area contributed by atoms with Crippen LogP contribution in [0, 0.1) is 12.7 Å². The number of nitrogens with zero attached hydrogens (tertiary/aromatic N) is 2. The molecule has 0 unspecified atom stereocenters. The van der Waals surface area contributed by atoms with Crippen molar-refractivity contribution in [1.29, 1.82) is 0 Å². The van der Waals surface area contributed by atoms with Gasteiger partial charge in [-0.1, -0.05) is 12.1 Å². The lowest BCUT2D eigenvalue weighted by molar-refractivity contribution is 0.576. The van der Waals surface area contributed by atoms with Gasteiger partial charge in [0.15, 0.2) is 0 Å². The molecule has 0 atom stereocenters. The molecule has 0 saturated carbocycles. The monoisotopic (exact) mass is 399 g/mol. The highest BCUT2D eigenvalue weighted by atomic mass is 32.2. The van der Waals surface area contributed by atoms with E-state index in [0.717, 1.165) is 20.7 Å². The van der Waals surface area contributed by atoms with Crippen LogP contribution in [0.15, 0.2) is 47.4 Å². The molecule has 140 valence electrons. The molecule has 0 fully saturated rings. The van der Waals surface area contributed by atoms with E-state index in [-0.39, 0.29) is 23.5 Å². The third kappa shape index (κ3) is 3.15. The highest BCUT2D eigenvalue weighted by Gasteiger charge is 2.37. The Labute approximate surface area is 152 Å². The van der Waals surface area contributed by atoms with Crippen molar-refractivity contribution in [1.82, 2.24) is 4.72 Å². The molecule has 2 aromatic carbocycles. The van der Waals surface area contributed by atoms with Gasteiger partial charge in [0, 0.05) is 20.1 Å². The minimum Gasteiger partial charge on any atom is -0.254 e. The summed E-state index contributed by atoms with van der Waals surface area (Å²) < 4.78 is 67.6. The molecule has 1 heterocycles. The van der Waals surface area contributed by atoms with Crippen molar-refractivity contribution in [3.8, 4) is 0 Å². The molecule has 1 aliphatic heterocycles. The predicted octanol–water partition coefficient (Wildman–Crippen LogP) is 1.61. The molecular formula is C16H18FN3O4S2. The highest BCUT2D eigenvalue weighted by Crippen LogP contribution is 2.39. The second-order valence-electron chi connectivity index (χ2n) is 5.84. The molecule has 7 nitrogen and oxygen atoms in total. The third-order valence-corrected chi connectivity index (χ3v) is 7.59. The van der Waals surface area contributed by atoms with Crippen molar-refractivity contribution in [2.75, 3.05) is 28.7 Å². The first-order chi connectivity index (χ1) is 12.1. The Morgan fingerprint density at radius 2 is 1.77 bits per heavy atom. The number of halogens is 1. The van der Waals surface area contributed by atoms with Gasteiger partial charge in [0.2, 0.25) is 10.0 Å². The summed E-state index contributed by atoms with van der Waals surface area (Å²) in [5.41, 5.74) is 1.30. The van der Waals surface area contributed by atoms with Crippen molar-refractivity contribution >= 4 is 31.6 Å². The van der Waals surface area contributed by atoms with E-state index in [1.807, 2.05) is 0 Å². The number of hydrogen-bond donors (Lipinski definition) is 1. The summed E-state index contributed by atoms with van der Waals surface area (Å²) in [6.45, 7) is 1.30. The molecule has 0 aromatic heterocycles. The zero-order valence-electron chi connectivity index (χ0n) is 14.2. The van der Waals surface area contributed by atoms with Gasteiger partial charge >= 0.3 is 10.2 Å². The second-order valence-corrected chi connectivity index (χ2v) is 9.46. The first-order valence-corrected chi connectivity index (χ1v) is 10.6. The molecule has 0 saturated heterocycles. The molecule has 3 rings (SSSR count). The molecule has 0 amide bonds. The number of nitrogens with one attached hydrogen (secondary N) is 1. The lowest BCUT2D eigenvalue weighted by atomic mass is 10.2. The minimum absolute atomic E-state index is 0.0410. The fourth-order valence-electron chi connectivity index (χ4n) is 2.85. The Bertz CT molecular complexity index is 1050. The van der Waals surface area contributed by atoms with Crippen molar-refractivity contribution in [3.05, 3.63) is 53.8 Å². The molecule has 1 aliphatic rings. The van der Waals surface area contributed by atoms with Crippen LogP contribution < -0.4 is 13.3 Å². The van der Waals surface area contributed by atoms with E-state index in [1.54, 1.807) is 24.3 Å². The van der Waals surface area contributed by atoms with Gasteiger partial charge in [-0.15, -0.1) is 0 Å². The number of aryl methyl sites for hydroxylation is 1. The van der Waals surface area contributed by atoms with Gasteiger partial charge < -0.3 is 0 Å². The summed E-state index contributed by atoms with van der Waals surface area (Å²) in [4.78, 5) is -0.0410. The zero-order valence-corrected chi connectivity index (χ0v) is 15.8. The minimum atomic E-state index is -3.88. The van der Waals surface area contributed by atoms with Gasteiger partial charge in [0.1, 0.15) is 5.82 Å². The Hall–Kier alpha value is -2.17. The summed E-state index contributed by atoms with van der Waals surface area (Å²) in [5, 5.41) is 0. The van der Waals surface area contributed by atoms with Crippen LogP contribution in [0.1, 0.15) is 5.56 Å². The number of hydrogen-bond acceptors (Lipinski definition) is 4. The highest BCUT2D eigenvalue weighted by molar-refractivity contribution is 7.94. The number of benzene rings is 2. The SMILES string of the molecule is Cc1cc(F)ccc1S(=O)(=O)NCCN1c2ccccc2N(C)S1(=O)=O. The largest absolute Gasteiger partial charge is 0.326 e. The van der Waals surface area contributed by atoms with E-state index >= 15 is 0 Å². The molecular weight excluding hydrogens is 381 g/mol. The average molecular weight is 399 g/mol. The van der Waals surface area contributed by atoms with Crippen LogP contribution in [-0.4, -0.2) is 37.0 Å². The third-order valence-electron chi connectivity index (χ3n) is 4.15. The average Bonchev–Trinajstić information content (AvgIpc) is 2.75. The van der Waals surface area contributed by atoms with E-state index in [1.165, 1.54) is 20.0 Å². The van der Waals surface area contributed by atoms with Gasteiger partial charge in [-0.3, -0.25) is 4.31 Å². The smallest absolute Gasteiger partial charge is 0.254 e. The number of fused-ring (bicyclic) bond motifs is 1. The van der Waals surface area contributed by atoms with Gasteiger partial charge in [-0.25, -0.2) is 21.8 Å². The normalized spacial score (nSPS) is 16.0. The second kappa shape index (κ2) is 6.53. The van der Waals surface area contributed by atoms with E-state index in [4.69, 9.17) is 0 Å². The lowest BCUT2D eigenvalue weighted by Gasteiger charge is -2.19. The fourth-order valence-corrected chi connectivity index (χ4v) is 5.52. The maximum atomic E-state index is 13.2. The summed E-state index contributed by atoms with van der Waals surface area (Å²) >= 11 is 0. The number of anilines is 2. The van der Waals surface area contributed by atoms with Crippen LogP contribution in [0.4, 0.5) is 15.8 Å². The van der Waals surface area contributed by atoms with Gasteiger partial charge in [-0.2, -0.15) is 8.42 Å². The summed E-state index contributed by atoms with van der Waals surface area (Å²) in [6.07, 6.45) is 0. The van der Waals surface area contributed by atoms with Crippen LogP contribution in [0.2, 0.25) is 0 Å². The van der Waals surface area contributed by atoms with Crippen molar-refractivity contribution in [3.63, 3.8) is 0 Å². The van der Waals surface area contributed by atoms with Gasteiger partial charge in [0.25, 0.3) is 0 Å². The Balaban J connectivity index is 1.77. The Morgan fingerprint density at radius 1 is 1.12 bits per heavy atom. The topological polar surface area (TPSA) is 86.8 Å². The van der Waals surface area contributed by atoms with E-state index in [0.29, 0.717) is 11.4 Å². The molecule has 10 heteroatoms. The lowest BCUT2D eigenvalue weighted by Crippen LogP contribution is -2.40. The molecule has 1 N–H and O–H groups in total. The molecule has 2 aromatic rings.